The normalized spacial score (nSPS) is 40.7. The lowest BCUT2D eigenvalue weighted by atomic mass is 9.95. The molecule has 4 heteroatoms. The van der Waals surface area contributed by atoms with Crippen LogP contribution in [0.4, 0.5) is 0 Å². The quantitative estimate of drug-likeness (QED) is 0.785. The van der Waals surface area contributed by atoms with E-state index < -0.39 is 0 Å². The van der Waals surface area contributed by atoms with E-state index in [1.807, 2.05) is 0 Å². The molecule has 4 atom stereocenters. The second kappa shape index (κ2) is 5.45. The molecule has 3 aliphatic rings. The Labute approximate surface area is 110 Å². The van der Waals surface area contributed by atoms with Crippen molar-refractivity contribution in [3.63, 3.8) is 0 Å². The van der Waals surface area contributed by atoms with Gasteiger partial charge in [0.15, 0.2) is 0 Å². The number of fused-ring (bicyclic) bond motifs is 1. The fraction of sp³-hybridized carbons (Fsp3) is 1.00. The molecule has 0 amide bonds. The van der Waals surface area contributed by atoms with Crippen LogP contribution in [0.25, 0.3) is 0 Å². The number of hydrogen-bond donors (Lipinski definition) is 1. The molecule has 0 radical (unpaired) electrons. The van der Waals surface area contributed by atoms with Crippen LogP contribution in [0, 0.1) is 0 Å². The standard InChI is InChI=1S/C14H27N3O/c1-11(15)14-10-17(7-8-18-14)13-4-6-16-5-2-3-12(16)9-13/h11-14H,2-10,15H2,1H3. The highest BCUT2D eigenvalue weighted by Gasteiger charge is 2.36. The molecule has 4 unspecified atom stereocenters. The van der Waals surface area contributed by atoms with Crippen LogP contribution in [-0.4, -0.2) is 66.8 Å². The summed E-state index contributed by atoms with van der Waals surface area (Å²) in [6.45, 7) is 7.69. The maximum atomic E-state index is 5.98. The molecular weight excluding hydrogens is 226 g/mol. The highest BCUT2D eigenvalue weighted by atomic mass is 16.5. The molecule has 3 fully saturated rings. The molecule has 0 aromatic rings. The third-order valence-electron chi connectivity index (χ3n) is 5.02. The van der Waals surface area contributed by atoms with E-state index in [1.165, 1.54) is 38.8 Å². The van der Waals surface area contributed by atoms with Crippen LogP contribution < -0.4 is 5.73 Å². The molecule has 0 aromatic carbocycles. The molecule has 18 heavy (non-hydrogen) atoms. The van der Waals surface area contributed by atoms with Gasteiger partial charge in [-0.25, -0.2) is 0 Å². The average molecular weight is 253 g/mol. The molecule has 3 heterocycles. The van der Waals surface area contributed by atoms with Gasteiger partial charge in [0, 0.05) is 31.2 Å². The summed E-state index contributed by atoms with van der Waals surface area (Å²) in [7, 11) is 0. The summed E-state index contributed by atoms with van der Waals surface area (Å²) in [5.41, 5.74) is 5.98. The Hall–Kier alpha value is -0.160. The average Bonchev–Trinajstić information content (AvgIpc) is 2.86. The van der Waals surface area contributed by atoms with E-state index in [0.29, 0.717) is 0 Å². The number of hydrogen-bond acceptors (Lipinski definition) is 4. The number of morpholine rings is 1. The van der Waals surface area contributed by atoms with Gasteiger partial charge in [-0.3, -0.25) is 4.90 Å². The van der Waals surface area contributed by atoms with Crippen LogP contribution >= 0.6 is 0 Å². The summed E-state index contributed by atoms with van der Waals surface area (Å²) in [6, 6.07) is 1.79. The molecule has 0 saturated carbocycles. The molecule has 3 aliphatic heterocycles. The number of nitrogens with zero attached hydrogens (tertiary/aromatic N) is 2. The Kier molecular flexibility index (Phi) is 3.89. The maximum Gasteiger partial charge on any atom is 0.0850 e. The SMILES string of the molecule is CC(N)C1CN(C2CCN3CCCC3C2)CCO1. The van der Waals surface area contributed by atoms with Gasteiger partial charge in [0.1, 0.15) is 0 Å². The predicted molar refractivity (Wildman–Crippen MR) is 72.6 cm³/mol. The monoisotopic (exact) mass is 253 g/mol. The Morgan fingerprint density at radius 3 is 2.78 bits per heavy atom. The fourth-order valence-corrected chi connectivity index (χ4v) is 3.88. The van der Waals surface area contributed by atoms with E-state index in [1.54, 1.807) is 0 Å². The molecule has 0 aliphatic carbocycles. The van der Waals surface area contributed by atoms with Gasteiger partial charge in [-0.2, -0.15) is 0 Å². The highest BCUT2D eigenvalue weighted by molar-refractivity contribution is 4.92. The second-order valence-electron chi connectivity index (χ2n) is 6.27. The van der Waals surface area contributed by atoms with Crippen molar-refractivity contribution in [2.24, 2.45) is 5.73 Å². The van der Waals surface area contributed by atoms with Crippen molar-refractivity contribution in [2.45, 2.75) is 56.8 Å². The number of piperidine rings is 1. The number of rotatable bonds is 2. The first-order valence-corrected chi connectivity index (χ1v) is 7.59. The van der Waals surface area contributed by atoms with Crippen molar-refractivity contribution in [3.8, 4) is 0 Å². The zero-order chi connectivity index (χ0) is 12.5. The first-order chi connectivity index (χ1) is 8.74. The van der Waals surface area contributed by atoms with Crippen molar-refractivity contribution < 1.29 is 4.74 Å². The third kappa shape index (κ3) is 2.57. The Morgan fingerprint density at radius 2 is 1.94 bits per heavy atom. The summed E-state index contributed by atoms with van der Waals surface area (Å²) >= 11 is 0. The van der Waals surface area contributed by atoms with Crippen molar-refractivity contribution >= 4 is 0 Å². The van der Waals surface area contributed by atoms with E-state index in [4.69, 9.17) is 10.5 Å². The minimum Gasteiger partial charge on any atom is -0.374 e. The molecular formula is C14H27N3O. The molecule has 3 rings (SSSR count). The van der Waals surface area contributed by atoms with Crippen LogP contribution in [0.3, 0.4) is 0 Å². The molecule has 3 saturated heterocycles. The van der Waals surface area contributed by atoms with Gasteiger partial charge in [0.05, 0.1) is 12.7 Å². The van der Waals surface area contributed by atoms with Gasteiger partial charge >= 0.3 is 0 Å². The molecule has 104 valence electrons. The maximum absolute atomic E-state index is 5.98. The van der Waals surface area contributed by atoms with Gasteiger partial charge in [0.2, 0.25) is 0 Å². The minimum atomic E-state index is 0.152. The number of ether oxygens (including phenoxy) is 1. The smallest absolute Gasteiger partial charge is 0.0850 e. The minimum absolute atomic E-state index is 0.152. The lowest BCUT2D eigenvalue weighted by Gasteiger charge is -2.44. The Bertz CT molecular complexity index is 280. The zero-order valence-electron chi connectivity index (χ0n) is 11.6. The van der Waals surface area contributed by atoms with E-state index in [2.05, 4.69) is 16.7 Å². The van der Waals surface area contributed by atoms with Crippen LogP contribution in [0.2, 0.25) is 0 Å². The van der Waals surface area contributed by atoms with Gasteiger partial charge < -0.3 is 15.4 Å². The van der Waals surface area contributed by atoms with Gasteiger partial charge in [-0.05, 0) is 45.7 Å². The molecule has 4 nitrogen and oxygen atoms in total. The fourth-order valence-electron chi connectivity index (χ4n) is 3.88. The predicted octanol–water partition coefficient (Wildman–Crippen LogP) is 0.661. The Balaban J connectivity index is 1.57. The lowest BCUT2D eigenvalue weighted by molar-refractivity contribution is -0.0619. The van der Waals surface area contributed by atoms with Crippen molar-refractivity contribution in [3.05, 3.63) is 0 Å². The molecule has 2 N–H and O–H groups in total. The third-order valence-corrected chi connectivity index (χ3v) is 5.02. The zero-order valence-corrected chi connectivity index (χ0v) is 11.6. The van der Waals surface area contributed by atoms with Crippen LogP contribution in [0.15, 0.2) is 0 Å². The van der Waals surface area contributed by atoms with E-state index >= 15 is 0 Å². The highest BCUT2D eigenvalue weighted by Crippen LogP contribution is 2.30. The van der Waals surface area contributed by atoms with Gasteiger partial charge in [-0.1, -0.05) is 0 Å². The number of nitrogens with two attached hydrogens (primary N) is 1. The molecule has 0 bridgehead atoms. The summed E-state index contributed by atoms with van der Waals surface area (Å²) in [4.78, 5) is 5.34. The Morgan fingerprint density at radius 1 is 1.11 bits per heavy atom. The van der Waals surface area contributed by atoms with Crippen molar-refractivity contribution in [1.29, 1.82) is 0 Å². The molecule has 0 aromatic heterocycles. The van der Waals surface area contributed by atoms with Gasteiger partial charge in [0.25, 0.3) is 0 Å². The van der Waals surface area contributed by atoms with E-state index in [0.717, 1.165) is 31.8 Å². The van der Waals surface area contributed by atoms with Gasteiger partial charge in [-0.15, -0.1) is 0 Å². The summed E-state index contributed by atoms with van der Waals surface area (Å²) in [5.74, 6) is 0. The van der Waals surface area contributed by atoms with Crippen LogP contribution in [0.5, 0.6) is 0 Å². The lowest BCUT2D eigenvalue weighted by Crippen LogP contribution is -2.55. The van der Waals surface area contributed by atoms with E-state index in [9.17, 15) is 0 Å². The first kappa shape index (κ1) is 12.9. The molecule has 0 spiro atoms. The van der Waals surface area contributed by atoms with Crippen LogP contribution in [0.1, 0.15) is 32.6 Å². The summed E-state index contributed by atoms with van der Waals surface area (Å²) in [5, 5.41) is 0. The summed E-state index contributed by atoms with van der Waals surface area (Å²) < 4.78 is 5.77. The van der Waals surface area contributed by atoms with Crippen molar-refractivity contribution in [2.75, 3.05) is 32.8 Å². The largest absolute Gasteiger partial charge is 0.374 e. The van der Waals surface area contributed by atoms with Crippen molar-refractivity contribution in [1.82, 2.24) is 9.80 Å². The topological polar surface area (TPSA) is 41.7 Å². The summed E-state index contributed by atoms with van der Waals surface area (Å²) in [6.07, 6.45) is 5.76. The van der Waals surface area contributed by atoms with E-state index in [-0.39, 0.29) is 12.1 Å². The first-order valence-electron chi connectivity index (χ1n) is 7.59. The second-order valence-corrected chi connectivity index (χ2v) is 6.27. The van der Waals surface area contributed by atoms with Crippen LogP contribution in [-0.2, 0) is 4.74 Å².